The third-order valence-electron chi connectivity index (χ3n) is 6.73. The van der Waals surface area contributed by atoms with Crippen LogP contribution in [0.15, 0.2) is 30.6 Å². The van der Waals surface area contributed by atoms with E-state index in [9.17, 15) is 13.6 Å². The van der Waals surface area contributed by atoms with Crippen molar-refractivity contribution in [1.82, 2.24) is 24.6 Å². The SMILES string of the molecule is CCCn1cc(-c2nc3c(nc2N2CCC(Oc4ccc(F)cc4F)CC2)CCN(C(C)=O)C3)cn1. The highest BCUT2D eigenvalue weighted by Crippen LogP contribution is 2.33. The Labute approximate surface area is 208 Å². The quantitative estimate of drug-likeness (QED) is 0.514. The Morgan fingerprint density at radius 2 is 1.94 bits per heavy atom. The molecule has 1 amide bonds. The molecule has 0 aliphatic carbocycles. The summed E-state index contributed by atoms with van der Waals surface area (Å²) in [5, 5.41) is 4.48. The van der Waals surface area contributed by atoms with E-state index in [1.54, 1.807) is 11.8 Å². The van der Waals surface area contributed by atoms with Crippen molar-refractivity contribution in [2.24, 2.45) is 0 Å². The van der Waals surface area contributed by atoms with Crippen molar-refractivity contribution >= 4 is 11.7 Å². The van der Waals surface area contributed by atoms with Crippen molar-refractivity contribution in [1.29, 1.82) is 0 Å². The minimum atomic E-state index is -0.691. The molecule has 0 N–H and O–H groups in total. The second kappa shape index (κ2) is 10.2. The van der Waals surface area contributed by atoms with E-state index < -0.39 is 11.6 Å². The van der Waals surface area contributed by atoms with E-state index in [2.05, 4.69) is 16.9 Å². The highest BCUT2D eigenvalue weighted by atomic mass is 19.1. The van der Waals surface area contributed by atoms with Crippen LogP contribution in [0.3, 0.4) is 0 Å². The molecule has 2 aliphatic rings. The second-order valence-electron chi connectivity index (χ2n) is 9.35. The van der Waals surface area contributed by atoms with Crippen molar-refractivity contribution in [3.63, 3.8) is 0 Å². The van der Waals surface area contributed by atoms with Crippen molar-refractivity contribution < 1.29 is 18.3 Å². The molecule has 4 heterocycles. The van der Waals surface area contributed by atoms with Gasteiger partial charge in [0.2, 0.25) is 5.91 Å². The van der Waals surface area contributed by atoms with Crippen LogP contribution in [0.25, 0.3) is 11.3 Å². The van der Waals surface area contributed by atoms with Crippen molar-refractivity contribution in [3.05, 3.63) is 53.6 Å². The van der Waals surface area contributed by atoms with E-state index in [0.29, 0.717) is 45.4 Å². The summed E-state index contributed by atoms with van der Waals surface area (Å²) in [5.74, 6) is -0.413. The molecule has 3 aromatic rings. The predicted octanol–water partition coefficient (Wildman–Crippen LogP) is 3.98. The molecule has 2 aliphatic heterocycles. The smallest absolute Gasteiger partial charge is 0.219 e. The molecule has 2 aromatic heterocycles. The van der Waals surface area contributed by atoms with Crippen molar-refractivity contribution in [2.45, 2.75) is 58.7 Å². The van der Waals surface area contributed by atoms with E-state index in [4.69, 9.17) is 14.7 Å². The largest absolute Gasteiger partial charge is 0.487 e. The number of halogens is 2. The summed E-state index contributed by atoms with van der Waals surface area (Å²) in [7, 11) is 0. The lowest BCUT2D eigenvalue weighted by molar-refractivity contribution is -0.129. The van der Waals surface area contributed by atoms with Crippen LogP contribution in [0.1, 0.15) is 44.5 Å². The molecule has 0 atom stereocenters. The molecule has 1 saturated heterocycles. The zero-order valence-electron chi connectivity index (χ0n) is 20.6. The van der Waals surface area contributed by atoms with E-state index in [1.807, 2.05) is 17.1 Å². The van der Waals surface area contributed by atoms with Gasteiger partial charge in [0.15, 0.2) is 17.4 Å². The first-order valence-corrected chi connectivity index (χ1v) is 12.5. The fourth-order valence-corrected chi connectivity index (χ4v) is 4.78. The first-order chi connectivity index (χ1) is 17.4. The Kier molecular flexibility index (Phi) is 6.84. The molecule has 1 aromatic carbocycles. The maximum atomic E-state index is 14.1. The maximum Gasteiger partial charge on any atom is 0.219 e. The number of hydrogen-bond acceptors (Lipinski definition) is 6. The van der Waals surface area contributed by atoms with Crippen LogP contribution in [0, 0.1) is 11.6 Å². The van der Waals surface area contributed by atoms with E-state index >= 15 is 0 Å². The number of amides is 1. The molecule has 8 nitrogen and oxygen atoms in total. The minimum absolute atomic E-state index is 0.0310. The van der Waals surface area contributed by atoms with Crippen LogP contribution >= 0.6 is 0 Å². The van der Waals surface area contributed by atoms with Crippen LogP contribution in [-0.4, -0.2) is 56.3 Å². The first-order valence-electron chi connectivity index (χ1n) is 12.5. The van der Waals surface area contributed by atoms with Crippen LogP contribution in [0.5, 0.6) is 5.75 Å². The molecule has 0 saturated carbocycles. The summed E-state index contributed by atoms with van der Waals surface area (Å²) >= 11 is 0. The number of carbonyl (C=O) groups excluding carboxylic acids is 1. The summed E-state index contributed by atoms with van der Waals surface area (Å²) in [6.07, 6.45) is 6.60. The number of fused-ring (bicyclic) bond motifs is 1. The Hall–Kier alpha value is -3.56. The Bertz CT molecular complexity index is 1260. The molecule has 0 unspecified atom stereocenters. The van der Waals surface area contributed by atoms with Gasteiger partial charge in [-0.2, -0.15) is 5.10 Å². The molecule has 0 bridgehead atoms. The predicted molar refractivity (Wildman–Crippen MR) is 131 cm³/mol. The van der Waals surface area contributed by atoms with Gasteiger partial charge in [-0.25, -0.2) is 18.7 Å². The zero-order valence-corrected chi connectivity index (χ0v) is 20.6. The number of ether oxygens (including phenoxy) is 1. The summed E-state index contributed by atoms with van der Waals surface area (Å²) in [6.45, 7) is 6.90. The van der Waals surface area contributed by atoms with Gasteiger partial charge >= 0.3 is 0 Å². The Balaban J connectivity index is 1.39. The Morgan fingerprint density at radius 1 is 1.14 bits per heavy atom. The van der Waals surface area contributed by atoms with Gasteiger partial charge in [0, 0.05) is 70.2 Å². The summed E-state index contributed by atoms with van der Waals surface area (Å²) in [4.78, 5) is 26.0. The number of aromatic nitrogens is 4. The molecule has 1 fully saturated rings. The van der Waals surface area contributed by atoms with Gasteiger partial charge in [0.05, 0.1) is 24.1 Å². The van der Waals surface area contributed by atoms with Crippen LogP contribution in [0.4, 0.5) is 14.6 Å². The molecule has 36 heavy (non-hydrogen) atoms. The molecule has 10 heteroatoms. The third kappa shape index (κ3) is 5.03. The lowest BCUT2D eigenvalue weighted by Crippen LogP contribution is -2.40. The number of aryl methyl sites for hydroxylation is 1. The highest BCUT2D eigenvalue weighted by Gasteiger charge is 2.29. The first kappa shape index (κ1) is 24.1. The maximum absolute atomic E-state index is 14.1. The summed E-state index contributed by atoms with van der Waals surface area (Å²) in [5.41, 5.74) is 3.38. The lowest BCUT2D eigenvalue weighted by atomic mass is 10.1. The van der Waals surface area contributed by atoms with Crippen LogP contribution < -0.4 is 9.64 Å². The second-order valence-corrected chi connectivity index (χ2v) is 9.35. The zero-order chi connectivity index (χ0) is 25.2. The standard InChI is InChI=1S/C26H30F2N6O2/c1-3-9-34-15-18(14-29-34)25-26(31-22-8-12-33(17(2)35)16-23(22)30-25)32-10-6-20(7-11-32)36-24-5-4-19(27)13-21(24)28/h4-5,13-15,20H,3,6-12,16H2,1-2H3. The number of rotatable bonds is 6. The molecule has 0 spiro atoms. The van der Waals surface area contributed by atoms with Crippen LogP contribution in [0.2, 0.25) is 0 Å². The Morgan fingerprint density at radius 3 is 2.67 bits per heavy atom. The normalized spacial score (nSPS) is 16.2. The monoisotopic (exact) mass is 496 g/mol. The minimum Gasteiger partial charge on any atom is -0.487 e. The highest BCUT2D eigenvalue weighted by molar-refractivity contribution is 5.74. The molecule has 5 rings (SSSR count). The summed E-state index contributed by atoms with van der Waals surface area (Å²) in [6, 6.07) is 3.38. The average molecular weight is 497 g/mol. The van der Waals surface area contributed by atoms with E-state index in [1.165, 1.54) is 12.1 Å². The molecular formula is C26H30F2N6O2. The number of benzene rings is 1. The van der Waals surface area contributed by atoms with Crippen LogP contribution in [-0.2, 0) is 24.3 Å². The summed E-state index contributed by atoms with van der Waals surface area (Å²) < 4.78 is 35.0. The third-order valence-corrected chi connectivity index (χ3v) is 6.73. The fraction of sp³-hybridized carbons (Fsp3) is 0.462. The van der Waals surface area contributed by atoms with E-state index in [0.717, 1.165) is 47.5 Å². The van der Waals surface area contributed by atoms with Gasteiger partial charge in [-0.1, -0.05) is 6.92 Å². The number of anilines is 1. The van der Waals surface area contributed by atoms with Gasteiger partial charge in [-0.3, -0.25) is 9.48 Å². The number of carbonyl (C=O) groups is 1. The number of piperidine rings is 1. The number of hydrogen-bond donors (Lipinski definition) is 0. The number of nitrogens with zero attached hydrogens (tertiary/aromatic N) is 6. The van der Waals surface area contributed by atoms with Crippen molar-refractivity contribution in [2.75, 3.05) is 24.5 Å². The molecule has 190 valence electrons. The van der Waals surface area contributed by atoms with Gasteiger partial charge in [0.1, 0.15) is 17.6 Å². The van der Waals surface area contributed by atoms with Gasteiger partial charge in [-0.05, 0) is 18.6 Å². The topological polar surface area (TPSA) is 76.4 Å². The average Bonchev–Trinajstić information content (AvgIpc) is 3.34. The van der Waals surface area contributed by atoms with Gasteiger partial charge < -0.3 is 14.5 Å². The fourth-order valence-electron chi connectivity index (χ4n) is 4.78. The molecular weight excluding hydrogens is 466 g/mol. The van der Waals surface area contributed by atoms with Gasteiger partial charge in [0.25, 0.3) is 0 Å². The van der Waals surface area contributed by atoms with E-state index in [-0.39, 0.29) is 17.8 Å². The van der Waals surface area contributed by atoms with Crippen molar-refractivity contribution in [3.8, 4) is 17.0 Å². The lowest BCUT2D eigenvalue weighted by Gasteiger charge is -2.35. The molecule has 0 radical (unpaired) electrons. The van der Waals surface area contributed by atoms with Gasteiger partial charge in [-0.15, -0.1) is 0 Å².